The van der Waals surface area contributed by atoms with Crippen LogP contribution in [0.5, 0.6) is 0 Å². The predicted octanol–water partition coefficient (Wildman–Crippen LogP) is 2.72. The number of hydrogen-bond acceptors (Lipinski definition) is 2. The topological polar surface area (TPSA) is 32.3 Å². The van der Waals surface area contributed by atoms with Gasteiger partial charge in [-0.2, -0.15) is 0 Å². The van der Waals surface area contributed by atoms with Crippen LogP contribution in [0.2, 0.25) is 0 Å². The SMILES string of the molecule is CC(C)=CCC[C@H](C)N[C@H]1CCN(C(C)C)C1=O. The monoisotopic (exact) mass is 252 g/mol. The lowest BCUT2D eigenvalue weighted by molar-refractivity contribution is -0.130. The van der Waals surface area contributed by atoms with Crippen molar-refractivity contribution in [2.45, 2.75) is 72.0 Å². The van der Waals surface area contributed by atoms with Gasteiger partial charge in [0.2, 0.25) is 5.91 Å². The summed E-state index contributed by atoms with van der Waals surface area (Å²) >= 11 is 0. The quantitative estimate of drug-likeness (QED) is 0.737. The Bertz CT molecular complexity index is 306. The Morgan fingerprint density at radius 2 is 2.11 bits per heavy atom. The van der Waals surface area contributed by atoms with Crippen molar-refractivity contribution >= 4 is 5.91 Å². The van der Waals surface area contributed by atoms with E-state index in [2.05, 4.69) is 46.0 Å². The molecule has 1 rings (SSSR count). The number of carbonyl (C=O) groups is 1. The standard InChI is InChI=1S/C15H28N2O/c1-11(2)7-6-8-13(5)16-14-9-10-17(12(3)4)15(14)18/h7,12-14,16H,6,8-10H2,1-5H3/t13-,14-/m0/s1. The zero-order valence-corrected chi connectivity index (χ0v) is 12.5. The van der Waals surface area contributed by atoms with Crippen LogP contribution < -0.4 is 5.32 Å². The molecule has 1 heterocycles. The second kappa shape index (κ2) is 6.93. The molecule has 1 aliphatic rings. The second-order valence-corrected chi connectivity index (χ2v) is 5.89. The summed E-state index contributed by atoms with van der Waals surface area (Å²) in [5.74, 6) is 0.277. The number of nitrogens with zero attached hydrogens (tertiary/aromatic N) is 1. The first-order valence-corrected chi connectivity index (χ1v) is 7.11. The molecule has 0 aromatic heterocycles. The van der Waals surface area contributed by atoms with Crippen molar-refractivity contribution in [3.05, 3.63) is 11.6 Å². The summed E-state index contributed by atoms with van der Waals surface area (Å²) in [6, 6.07) is 0.765. The highest BCUT2D eigenvalue weighted by molar-refractivity contribution is 5.84. The van der Waals surface area contributed by atoms with Crippen molar-refractivity contribution in [2.24, 2.45) is 0 Å². The fraction of sp³-hybridized carbons (Fsp3) is 0.800. The van der Waals surface area contributed by atoms with Crippen LogP contribution in [0.25, 0.3) is 0 Å². The van der Waals surface area contributed by atoms with E-state index < -0.39 is 0 Å². The largest absolute Gasteiger partial charge is 0.339 e. The Morgan fingerprint density at radius 3 is 2.61 bits per heavy atom. The van der Waals surface area contributed by atoms with Crippen molar-refractivity contribution in [1.29, 1.82) is 0 Å². The highest BCUT2D eigenvalue weighted by Crippen LogP contribution is 2.15. The zero-order chi connectivity index (χ0) is 13.7. The van der Waals surface area contributed by atoms with E-state index in [-0.39, 0.29) is 11.9 Å². The minimum absolute atomic E-state index is 0.0362. The molecule has 3 nitrogen and oxygen atoms in total. The van der Waals surface area contributed by atoms with Gasteiger partial charge >= 0.3 is 0 Å². The molecule has 18 heavy (non-hydrogen) atoms. The van der Waals surface area contributed by atoms with Crippen LogP contribution in [-0.2, 0) is 4.79 Å². The van der Waals surface area contributed by atoms with Crippen LogP contribution in [0.3, 0.4) is 0 Å². The Morgan fingerprint density at radius 1 is 1.44 bits per heavy atom. The molecule has 0 radical (unpaired) electrons. The number of allylic oxidation sites excluding steroid dienone is 2. The van der Waals surface area contributed by atoms with E-state index in [1.807, 2.05) is 4.90 Å². The lowest BCUT2D eigenvalue weighted by atomic mass is 10.1. The van der Waals surface area contributed by atoms with Gasteiger partial charge in [0.1, 0.15) is 0 Å². The summed E-state index contributed by atoms with van der Waals surface area (Å²) in [6.45, 7) is 11.5. The molecule has 1 fully saturated rings. The van der Waals surface area contributed by atoms with Gasteiger partial charge in [-0.1, -0.05) is 11.6 Å². The molecule has 3 heteroatoms. The number of likely N-dealkylation sites (tertiary alicyclic amines) is 1. The normalized spacial score (nSPS) is 21.6. The molecular formula is C15H28N2O. The van der Waals surface area contributed by atoms with Crippen molar-refractivity contribution < 1.29 is 4.79 Å². The van der Waals surface area contributed by atoms with Crippen molar-refractivity contribution in [3.63, 3.8) is 0 Å². The molecule has 0 aromatic rings. The average Bonchev–Trinajstić information content (AvgIpc) is 2.60. The lowest BCUT2D eigenvalue weighted by Gasteiger charge is -2.22. The summed E-state index contributed by atoms with van der Waals surface area (Å²) in [7, 11) is 0. The van der Waals surface area contributed by atoms with Gasteiger partial charge in [-0.3, -0.25) is 4.79 Å². The Kier molecular flexibility index (Phi) is 5.86. The molecule has 0 spiro atoms. The van der Waals surface area contributed by atoms with Crippen LogP contribution in [0, 0.1) is 0 Å². The number of nitrogens with one attached hydrogen (secondary N) is 1. The summed E-state index contributed by atoms with van der Waals surface area (Å²) in [4.78, 5) is 14.1. The minimum Gasteiger partial charge on any atom is -0.339 e. The molecule has 1 amide bonds. The molecule has 0 bridgehead atoms. The van der Waals surface area contributed by atoms with E-state index in [9.17, 15) is 4.79 Å². The summed E-state index contributed by atoms with van der Waals surface area (Å²) in [5.41, 5.74) is 1.37. The molecule has 0 unspecified atom stereocenters. The van der Waals surface area contributed by atoms with Crippen molar-refractivity contribution in [1.82, 2.24) is 10.2 Å². The third kappa shape index (κ3) is 4.45. The predicted molar refractivity (Wildman–Crippen MR) is 76.5 cm³/mol. The molecule has 0 aliphatic carbocycles. The molecule has 1 saturated heterocycles. The Labute approximate surface area is 112 Å². The van der Waals surface area contributed by atoms with Gasteiger partial charge in [-0.05, 0) is 53.9 Å². The fourth-order valence-electron chi connectivity index (χ4n) is 2.42. The van der Waals surface area contributed by atoms with Gasteiger partial charge in [0, 0.05) is 18.6 Å². The molecule has 2 atom stereocenters. The summed E-state index contributed by atoms with van der Waals surface area (Å²) in [6.07, 6.45) is 5.39. The molecule has 0 aromatic carbocycles. The third-order valence-electron chi connectivity index (χ3n) is 3.50. The summed E-state index contributed by atoms with van der Waals surface area (Å²) in [5, 5.41) is 3.47. The van der Waals surface area contributed by atoms with E-state index in [0.717, 1.165) is 25.8 Å². The molecule has 0 saturated carbocycles. The number of carbonyl (C=O) groups excluding carboxylic acids is 1. The van der Waals surface area contributed by atoms with E-state index in [1.165, 1.54) is 5.57 Å². The fourth-order valence-corrected chi connectivity index (χ4v) is 2.42. The average molecular weight is 252 g/mol. The molecule has 104 valence electrons. The first kappa shape index (κ1) is 15.2. The van der Waals surface area contributed by atoms with E-state index in [0.29, 0.717) is 12.1 Å². The maximum atomic E-state index is 12.1. The summed E-state index contributed by atoms with van der Waals surface area (Å²) < 4.78 is 0. The zero-order valence-electron chi connectivity index (χ0n) is 12.5. The van der Waals surface area contributed by atoms with Crippen LogP contribution in [0.15, 0.2) is 11.6 Å². The van der Waals surface area contributed by atoms with Crippen LogP contribution in [0.4, 0.5) is 0 Å². The molecule has 1 N–H and O–H groups in total. The first-order valence-electron chi connectivity index (χ1n) is 7.11. The van der Waals surface area contributed by atoms with Crippen molar-refractivity contribution in [2.75, 3.05) is 6.54 Å². The van der Waals surface area contributed by atoms with E-state index in [4.69, 9.17) is 0 Å². The minimum atomic E-state index is 0.0362. The van der Waals surface area contributed by atoms with E-state index >= 15 is 0 Å². The third-order valence-corrected chi connectivity index (χ3v) is 3.50. The highest BCUT2D eigenvalue weighted by Gasteiger charge is 2.33. The second-order valence-electron chi connectivity index (χ2n) is 5.89. The van der Waals surface area contributed by atoms with Gasteiger partial charge in [0.15, 0.2) is 0 Å². The van der Waals surface area contributed by atoms with E-state index in [1.54, 1.807) is 0 Å². The molecular weight excluding hydrogens is 224 g/mol. The smallest absolute Gasteiger partial charge is 0.240 e. The maximum Gasteiger partial charge on any atom is 0.240 e. The molecule has 1 aliphatic heterocycles. The Hall–Kier alpha value is -0.830. The van der Waals surface area contributed by atoms with Gasteiger partial charge in [0.25, 0.3) is 0 Å². The van der Waals surface area contributed by atoms with Gasteiger partial charge in [-0.15, -0.1) is 0 Å². The number of hydrogen-bond donors (Lipinski definition) is 1. The van der Waals surface area contributed by atoms with Crippen LogP contribution in [-0.4, -0.2) is 35.5 Å². The maximum absolute atomic E-state index is 12.1. The Balaban J connectivity index is 2.35. The van der Waals surface area contributed by atoms with Gasteiger partial charge in [0.05, 0.1) is 6.04 Å². The van der Waals surface area contributed by atoms with Crippen LogP contribution in [0.1, 0.15) is 53.9 Å². The van der Waals surface area contributed by atoms with Crippen molar-refractivity contribution in [3.8, 4) is 0 Å². The number of rotatable bonds is 6. The first-order chi connectivity index (χ1) is 8.41. The highest BCUT2D eigenvalue weighted by atomic mass is 16.2. The van der Waals surface area contributed by atoms with Gasteiger partial charge in [-0.25, -0.2) is 0 Å². The lowest BCUT2D eigenvalue weighted by Crippen LogP contribution is -2.44. The van der Waals surface area contributed by atoms with Crippen LogP contribution >= 0.6 is 0 Å². The number of amides is 1. The van der Waals surface area contributed by atoms with Gasteiger partial charge < -0.3 is 10.2 Å².